The highest BCUT2D eigenvalue weighted by atomic mass is 79.9. The Bertz CT molecular complexity index is 716. The summed E-state index contributed by atoms with van der Waals surface area (Å²) in [6, 6.07) is 5.87. The lowest BCUT2D eigenvalue weighted by atomic mass is 10.1. The average Bonchev–Trinajstić information content (AvgIpc) is 3.05. The van der Waals surface area contributed by atoms with Gasteiger partial charge in [0.25, 0.3) is 5.91 Å². The fourth-order valence-corrected chi connectivity index (χ4v) is 3.63. The van der Waals surface area contributed by atoms with Gasteiger partial charge < -0.3 is 19.7 Å². The van der Waals surface area contributed by atoms with Crippen LogP contribution in [0.2, 0.25) is 0 Å². The third-order valence-corrected chi connectivity index (χ3v) is 5.26. The molecule has 136 valence electrons. The first-order valence-corrected chi connectivity index (χ1v) is 9.26. The number of halogens is 1. The van der Waals surface area contributed by atoms with Crippen molar-refractivity contribution in [3.05, 3.63) is 33.9 Å². The Morgan fingerprint density at radius 2 is 2.16 bits per heavy atom. The van der Waals surface area contributed by atoms with Gasteiger partial charge in [0.15, 0.2) is 0 Å². The molecule has 1 atom stereocenters. The van der Waals surface area contributed by atoms with Gasteiger partial charge in [0.05, 0.1) is 24.8 Å². The number of hydrogen-bond acceptors (Lipinski definition) is 4. The van der Waals surface area contributed by atoms with E-state index in [2.05, 4.69) is 25.8 Å². The number of aliphatic hydroxyl groups excluding tert-OH is 1. The Hall–Kier alpha value is -1.41. The number of benzene rings is 1. The molecule has 6 nitrogen and oxygen atoms in total. The number of aromatic nitrogens is 1. The smallest absolute Gasteiger partial charge is 0.270 e. The molecule has 2 N–H and O–H groups in total. The fourth-order valence-electron chi connectivity index (χ4n) is 3.18. The predicted octanol–water partition coefficient (Wildman–Crippen LogP) is 2.00. The second-order valence-electron chi connectivity index (χ2n) is 6.59. The van der Waals surface area contributed by atoms with Crippen LogP contribution >= 0.6 is 15.9 Å². The summed E-state index contributed by atoms with van der Waals surface area (Å²) in [5.74, 6) is -0.122. The molecule has 0 aliphatic carbocycles. The van der Waals surface area contributed by atoms with Gasteiger partial charge in [-0.2, -0.15) is 0 Å². The van der Waals surface area contributed by atoms with E-state index in [0.717, 1.165) is 34.0 Å². The van der Waals surface area contributed by atoms with E-state index in [1.54, 1.807) is 11.9 Å². The zero-order valence-corrected chi connectivity index (χ0v) is 16.2. The molecule has 0 saturated carbocycles. The molecule has 1 fully saturated rings. The number of aliphatic hydroxyl groups is 1. The molecule has 1 aliphatic rings. The minimum Gasteiger partial charge on any atom is -0.390 e. The van der Waals surface area contributed by atoms with Crippen LogP contribution in [0.25, 0.3) is 10.9 Å². The van der Waals surface area contributed by atoms with Crippen molar-refractivity contribution in [3.63, 3.8) is 0 Å². The molecule has 1 aliphatic heterocycles. The van der Waals surface area contributed by atoms with Crippen molar-refractivity contribution >= 4 is 32.7 Å². The lowest BCUT2D eigenvalue weighted by molar-refractivity contribution is 0.00875. The summed E-state index contributed by atoms with van der Waals surface area (Å²) in [6.07, 6.45) is -0.579. The second kappa shape index (κ2) is 7.86. The van der Waals surface area contributed by atoms with Crippen LogP contribution in [0.4, 0.5) is 0 Å². The van der Waals surface area contributed by atoms with Crippen LogP contribution in [-0.4, -0.2) is 78.3 Å². The van der Waals surface area contributed by atoms with Gasteiger partial charge in [0.2, 0.25) is 0 Å². The van der Waals surface area contributed by atoms with Crippen LogP contribution in [-0.2, 0) is 4.74 Å². The Kier molecular flexibility index (Phi) is 5.78. The normalized spacial score (nSPS) is 17.0. The molecular weight excluding hydrogens is 386 g/mol. The van der Waals surface area contributed by atoms with Gasteiger partial charge in [-0.15, -0.1) is 0 Å². The topological polar surface area (TPSA) is 68.8 Å². The quantitative estimate of drug-likeness (QED) is 0.792. The Labute approximate surface area is 155 Å². The first kappa shape index (κ1) is 18.4. The number of hydrogen-bond donors (Lipinski definition) is 2. The summed E-state index contributed by atoms with van der Waals surface area (Å²) < 4.78 is 6.24. The summed E-state index contributed by atoms with van der Waals surface area (Å²) in [7, 11) is 1.72. The molecule has 0 spiro atoms. The lowest BCUT2D eigenvalue weighted by Gasteiger charge is -2.30. The number of aryl methyl sites for hydroxylation is 1. The van der Waals surface area contributed by atoms with Gasteiger partial charge in [-0.1, -0.05) is 6.07 Å². The summed E-state index contributed by atoms with van der Waals surface area (Å²) in [4.78, 5) is 19.6. The molecule has 2 heterocycles. The van der Waals surface area contributed by atoms with Crippen molar-refractivity contribution in [1.29, 1.82) is 0 Å². The Morgan fingerprint density at radius 1 is 1.44 bits per heavy atom. The third-order valence-electron chi connectivity index (χ3n) is 4.60. The van der Waals surface area contributed by atoms with E-state index in [1.165, 1.54) is 0 Å². The average molecular weight is 410 g/mol. The lowest BCUT2D eigenvalue weighted by Crippen LogP contribution is -2.45. The van der Waals surface area contributed by atoms with Crippen molar-refractivity contribution in [2.24, 2.45) is 0 Å². The van der Waals surface area contributed by atoms with E-state index in [1.807, 2.05) is 25.1 Å². The number of ether oxygens (including phenoxy) is 1. The van der Waals surface area contributed by atoms with E-state index in [4.69, 9.17) is 4.74 Å². The van der Waals surface area contributed by atoms with E-state index >= 15 is 0 Å². The molecule has 0 bridgehead atoms. The summed E-state index contributed by atoms with van der Waals surface area (Å²) in [6.45, 7) is 5.92. The van der Waals surface area contributed by atoms with Crippen molar-refractivity contribution in [2.75, 3.05) is 46.4 Å². The molecule has 1 aromatic carbocycles. The standard InChI is InChI=1S/C18H24BrN3O3/c1-12-3-4-15(19)17-14(12)9-16(20-17)18(24)21(2)10-13(23)11-22-5-7-25-8-6-22/h3-4,9,13,20,23H,5-8,10-11H2,1-2H3. The number of H-pyrrole nitrogens is 1. The Balaban J connectivity index is 1.65. The van der Waals surface area contributed by atoms with Crippen LogP contribution in [0.15, 0.2) is 22.7 Å². The minimum absolute atomic E-state index is 0.122. The first-order chi connectivity index (χ1) is 12.0. The molecule has 2 aromatic rings. The summed E-state index contributed by atoms with van der Waals surface area (Å²) in [5, 5.41) is 11.3. The van der Waals surface area contributed by atoms with Crippen molar-refractivity contribution in [1.82, 2.24) is 14.8 Å². The van der Waals surface area contributed by atoms with Gasteiger partial charge in [0.1, 0.15) is 5.69 Å². The number of β-amino-alcohol motifs (C(OH)–C–C–N with tert-alkyl or cyclic N) is 1. The molecule has 7 heteroatoms. The number of rotatable bonds is 5. The van der Waals surface area contributed by atoms with Gasteiger partial charge >= 0.3 is 0 Å². The van der Waals surface area contributed by atoms with Crippen LogP contribution < -0.4 is 0 Å². The van der Waals surface area contributed by atoms with E-state index in [9.17, 15) is 9.90 Å². The molecule has 1 amide bonds. The van der Waals surface area contributed by atoms with E-state index in [-0.39, 0.29) is 5.91 Å². The summed E-state index contributed by atoms with van der Waals surface area (Å²) >= 11 is 3.51. The Morgan fingerprint density at radius 3 is 2.84 bits per heavy atom. The maximum atomic E-state index is 12.7. The molecule has 3 rings (SSSR count). The third kappa shape index (κ3) is 4.23. The molecule has 1 unspecified atom stereocenters. The monoisotopic (exact) mass is 409 g/mol. The maximum Gasteiger partial charge on any atom is 0.270 e. The molecule has 25 heavy (non-hydrogen) atoms. The number of fused-ring (bicyclic) bond motifs is 1. The van der Waals surface area contributed by atoms with Gasteiger partial charge in [-0.3, -0.25) is 9.69 Å². The van der Waals surface area contributed by atoms with Crippen LogP contribution in [0.3, 0.4) is 0 Å². The molecule has 1 aromatic heterocycles. The van der Waals surface area contributed by atoms with Gasteiger partial charge in [-0.05, 0) is 40.5 Å². The number of aromatic amines is 1. The number of carbonyl (C=O) groups is 1. The number of morpholine rings is 1. The van der Waals surface area contributed by atoms with Crippen molar-refractivity contribution in [2.45, 2.75) is 13.0 Å². The second-order valence-corrected chi connectivity index (χ2v) is 7.44. The maximum absolute atomic E-state index is 12.7. The van der Waals surface area contributed by atoms with Crippen molar-refractivity contribution < 1.29 is 14.6 Å². The minimum atomic E-state index is -0.579. The first-order valence-electron chi connectivity index (χ1n) is 8.47. The predicted molar refractivity (Wildman–Crippen MR) is 101 cm³/mol. The van der Waals surface area contributed by atoms with Crippen LogP contribution in [0, 0.1) is 6.92 Å². The number of carbonyl (C=O) groups excluding carboxylic acids is 1. The fraction of sp³-hybridized carbons (Fsp3) is 0.500. The zero-order valence-electron chi connectivity index (χ0n) is 14.6. The number of nitrogens with one attached hydrogen (secondary N) is 1. The van der Waals surface area contributed by atoms with Gasteiger partial charge in [0, 0.05) is 43.1 Å². The highest BCUT2D eigenvalue weighted by molar-refractivity contribution is 9.10. The highest BCUT2D eigenvalue weighted by Gasteiger charge is 2.21. The molecular formula is C18H24BrN3O3. The van der Waals surface area contributed by atoms with Crippen LogP contribution in [0.1, 0.15) is 16.1 Å². The van der Waals surface area contributed by atoms with Crippen LogP contribution in [0.5, 0.6) is 0 Å². The number of amides is 1. The SMILES string of the molecule is Cc1ccc(Br)c2[nH]c(C(=O)N(C)CC(O)CN3CCOCC3)cc12. The largest absolute Gasteiger partial charge is 0.390 e. The number of likely N-dealkylation sites (N-methyl/N-ethyl adjacent to an activating group) is 1. The molecule has 0 radical (unpaired) electrons. The number of nitrogens with zero attached hydrogens (tertiary/aromatic N) is 2. The molecule has 1 saturated heterocycles. The zero-order chi connectivity index (χ0) is 18.0. The highest BCUT2D eigenvalue weighted by Crippen LogP contribution is 2.27. The van der Waals surface area contributed by atoms with E-state index < -0.39 is 6.10 Å². The van der Waals surface area contributed by atoms with Crippen molar-refractivity contribution in [3.8, 4) is 0 Å². The van der Waals surface area contributed by atoms with Gasteiger partial charge in [-0.25, -0.2) is 0 Å². The van der Waals surface area contributed by atoms with E-state index in [0.29, 0.717) is 32.0 Å². The summed E-state index contributed by atoms with van der Waals surface area (Å²) in [5.41, 5.74) is 2.57.